The number of hydrogen-bond acceptors (Lipinski definition) is 5. The third kappa shape index (κ3) is 3.15. The number of rotatable bonds is 2. The Morgan fingerprint density at radius 2 is 2.18 bits per heavy atom. The van der Waals surface area contributed by atoms with Crippen LogP contribution in [-0.4, -0.2) is 44.8 Å². The van der Waals surface area contributed by atoms with Crippen molar-refractivity contribution >= 4 is 45.5 Å². The first kappa shape index (κ1) is 18.8. The SMILES string of the molecule is Cn1c(I)c(-c2ccc(OC(=O)N3CCC(F)C3)c(F)c2)c2c(N)ncnc21. The summed E-state index contributed by atoms with van der Waals surface area (Å²) in [7, 11) is 1.83. The molecule has 1 aliphatic heterocycles. The molecule has 28 heavy (non-hydrogen) atoms. The van der Waals surface area contributed by atoms with Gasteiger partial charge in [-0.25, -0.2) is 23.5 Å². The van der Waals surface area contributed by atoms with E-state index in [0.29, 0.717) is 28.0 Å². The summed E-state index contributed by atoms with van der Waals surface area (Å²) in [5.41, 5.74) is 7.92. The lowest BCUT2D eigenvalue weighted by atomic mass is 10.1. The number of likely N-dealkylation sites (tertiary alicyclic amines) is 1. The number of halogens is 3. The molecule has 3 aromatic rings. The molecular weight excluding hydrogens is 483 g/mol. The second kappa shape index (κ2) is 7.15. The molecule has 2 aromatic heterocycles. The molecule has 146 valence electrons. The Bertz CT molecular complexity index is 1090. The van der Waals surface area contributed by atoms with Gasteiger partial charge in [0.2, 0.25) is 0 Å². The van der Waals surface area contributed by atoms with E-state index in [1.807, 2.05) is 11.6 Å². The number of hydrogen-bond donors (Lipinski definition) is 1. The zero-order valence-corrected chi connectivity index (χ0v) is 17.0. The molecular formula is C18H16F2IN5O2. The lowest BCUT2D eigenvalue weighted by Gasteiger charge is -2.15. The fourth-order valence-corrected chi connectivity index (χ4v) is 4.10. The average Bonchev–Trinajstić information content (AvgIpc) is 3.20. The van der Waals surface area contributed by atoms with Gasteiger partial charge in [0.25, 0.3) is 0 Å². The van der Waals surface area contributed by atoms with E-state index in [-0.39, 0.29) is 25.3 Å². The second-order valence-electron chi connectivity index (χ2n) is 6.53. The number of fused-ring (bicyclic) bond motifs is 1. The van der Waals surface area contributed by atoms with Crippen molar-refractivity contribution in [3.63, 3.8) is 0 Å². The Kier molecular flexibility index (Phi) is 4.81. The summed E-state index contributed by atoms with van der Waals surface area (Å²) >= 11 is 2.14. The summed E-state index contributed by atoms with van der Waals surface area (Å²) in [5, 5.41) is 0.629. The molecule has 3 heterocycles. The molecule has 1 aliphatic rings. The van der Waals surface area contributed by atoms with Gasteiger partial charge in [-0.15, -0.1) is 0 Å². The number of nitrogen functional groups attached to an aromatic ring is 1. The van der Waals surface area contributed by atoms with E-state index in [9.17, 15) is 13.6 Å². The van der Waals surface area contributed by atoms with E-state index >= 15 is 0 Å². The number of anilines is 1. The molecule has 1 amide bonds. The molecule has 0 saturated carbocycles. The van der Waals surface area contributed by atoms with Gasteiger partial charge >= 0.3 is 6.09 Å². The smallest absolute Gasteiger partial charge is 0.407 e. The molecule has 7 nitrogen and oxygen atoms in total. The highest BCUT2D eigenvalue weighted by atomic mass is 127. The predicted molar refractivity (Wildman–Crippen MR) is 108 cm³/mol. The van der Waals surface area contributed by atoms with Gasteiger partial charge in [0, 0.05) is 19.2 Å². The zero-order valence-electron chi connectivity index (χ0n) is 14.8. The molecule has 1 fully saturated rings. The second-order valence-corrected chi connectivity index (χ2v) is 7.55. The first-order chi connectivity index (χ1) is 13.4. The maximum absolute atomic E-state index is 14.7. The Morgan fingerprint density at radius 1 is 1.39 bits per heavy atom. The van der Waals surface area contributed by atoms with Crippen LogP contribution in [0, 0.1) is 9.52 Å². The average molecular weight is 499 g/mol. The third-order valence-corrected chi connectivity index (χ3v) is 5.99. The number of alkyl halides is 1. The van der Waals surface area contributed by atoms with Crippen LogP contribution in [0.25, 0.3) is 22.2 Å². The van der Waals surface area contributed by atoms with E-state index in [1.54, 1.807) is 6.07 Å². The van der Waals surface area contributed by atoms with Gasteiger partial charge in [0.1, 0.15) is 24.0 Å². The minimum atomic E-state index is -1.07. The molecule has 0 radical (unpaired) electrons. The topological polar surface area (TPSA) is 86.3 Å². The quantitative estimate of drug-likeness (QED) is 0.546. The molecule has 1 saturated heterocycles. The summed E-state index contributed by atoms with van der Waals surface area (Å²) in [6.07, 6.45) is -0.189. The molecule has 2 N–H and O–H groups in total. The van der Waals surface area contributed by atoms with E-state index in [4.69, 9.17) is 10.5 Å². The van der Waals surface area contributed by atoms with Gasteiger partial charge < -0.3 is 19.9 Å². The Labute approximate surface area is 172 Å². The van der Waals surface area contributed by atoms with E-state index < -0.39 is 18.1 Å². The highest BCUT2D eigenvalue weighted by Crippen LogP contribution is 2.38. The van der Waals surface area contributed by atoms with E-state index in [0.717, 1.165) is 3.70 Å². The van der Waals surface area contributed by atoms with E-state index in [2.05, 4.69) is 32.6 Å². The minimum absolute atomic E-state index is 0.0357. The van der Waals surface area contributed by atoms with Gasteiger partial charge in [-0.05, 0) is 46.7 Å². The first-order valence-corrected chi connectivity index (χ1v) is 9.59. The molecule has 4 rings (SSSR count). The molecule has 10 heteroatoms. The Hall–Kier alpha value is -2.50. The summed E-state index contributed by atoms with van der Waals surface area (Å²) in [4.78, 5) is 21.6. The highest BCUT2D eigenvalue weighted by molar-refractivity contribution is 14.1. The van der Waals surface area contributed by atoms with Gasteiger partial charge in [0.05, 0.1) is 15.6 Å². The summed E-state index contributed by atoms with van der Waals surface area (Å²) in [6, 6.07) is 4.28. The van der Waals surface area contributed by atoms with Crippen LogP contribution in [-0.2, 0) is 7.05 Å². The summed E-state index contributed by atoms with van der Waals surface area (Å²) in [5.74, 6) is -0.621. The maximum atomic E-state index is 14.7. The maximum Gasteiger partial charge on any atom is 0.415 e. The summed E-state index contributed by atoms with van der Waals surface area (Å²) in [6.45, 7) is 0.221. The van der Waals surface area contributed by atoms with Crippen molar-refractivity contribution in [2.45, 2.75) is 12.6 Å². The zero-order chi connectivity index (χ0) is 20.0. The van der Waals surface area contributed by atoms with Gasteiger partial charge in [-0.2, -0.15) is 0 Å². The fourth-order valence-electron chi connectivity index (χ4n) is 3.29. The molecule has 1 aromatic carbocycles. The number of amides is 1. The number of aryl methyl sites for hydroxylation is 1. The van der Waals surface area contributed by atoms with Crippen molar-refractivity contribution in [1.29, 1.82) is 0 Å². The van der Waals surface area contributed by atoms with Gasteiger partial charge in [-0.1, -0.05) is 6.07 Å². The Morgan fingerprint density at radius 3 is 2.86 bits per heavy atom. The largest absolute Gasteiger partial charge is 0.415 e. The van der Waals surface area contributed by atoms with Crippen molar-refractivity contribution in [1.82, 2.24) is 19.4 Å². The molecule has 1 unspecified atom stereocenters. The molecule has 0 spiro atoms. The monoisotopic (exact) mass is 499 g/mol. The van der Waals surface area contributed by atoms with Crippen LogP contribution in [0.3, 0.4) is 0 Å². The van der Waals surface area contributed by atoms with Gasteiger partial charge in [-0.3, -0.25) is 0 Å². The lowest BCUT2D eigenvalue weighted by molar-refractivity contribution is 0.157. The third-order valence-electron chi connectivity index (χ3n) is 4.73. The number of carbonyl (C=O) groups is 1. The van der Waals surface area contributed by atoms with Crippen molar-refractivity contribution in [2.24, 2.45) is 7.05 Å². The lowest BCUT2D eigenvalue weighted by Crippen LogP contribution is -2.31. The van der Waals surface area contributed by atoms with Crippen LogP contribution >= 0.6 is 22.6 Å². The first-order valence-electron chi connectivity index (χ1n) is 8.52. The minimum Gasteiger partial charge on any atom is -0.407 e. The molecule has 0 bridgehead atoms. The van der Waals surface area contributed by atoms with Crippen LogP contribution in [0.1, 0.15) is 6.42 Å². The van der Waals surface area contributed by atoms with Crippen LogP contribution < -0.4 is 10.5 Å². The number of carbonyl (C=O) groups excluding carboxylic acids is 1. The summed E-state index contributed by atoms with van der Waals surface area (Å²) < 4.78 is 35.7. The molecule has 1 atom stereocenters. The number of aromatic nitrogens is 3. The van der Waals surface area contributed by atoms with Gasteiger partial charge in [0.15, 0.2) is 11.6 Å². The normalized spacial score (nSPS) is 16.7. The van der Waals surface area contributed by atoms with Crippen LogP contribution in [0.2, 0.25) is 0 Å². The van der Waals surface area contributed by atoms with Crippen molar-refractivity contribution in [2.75, 3.05) is 18.8 Å². The number of ether oxygens (including phenoxy) is 1. The van der Waals surface area contributed by atoms with Crippen LogP contribution in [0.4, 0.5) is 19.4 Å². The van der Waals surface area contributed by atoms with E-state index in [1.165, 1.54) is 23.4 Å². The van der Waals surface area contributed by atoms with Crippen LogP contribution in [0.15, 0.2) is 24.5 Å². The predicted octanol–water partition coefficient (Wildman–Crippen LogP) is 3.50. The highest BCUT2D eigenvalue weighted by Gasteiger charge is 2.28. The Balaban J connectivity index is 1.68. The standard InChI is InChI=1S/C18H16F2IN5O2/c1-25-15(21)13(14-16(22)23-8-24-17(14)25)9-2-3-12(11(20)6-9)28-18(27)26-5-4-10(19)7-26/h2-3,6,8,10H,4-5,7H2,1H3,(H2,22,23,24). The number of benzene rings is 1. The van der Waals surface area contributed by atoms with Crippen molar-refractivity contribution < 1.29 is 18.3 Å². The molecule has 0 aliphatic carbocycles. The number of nitrogens with two attached hydrogens (primary N) is 1. The van der Waals surface area contributed by atoms with Crippen molar-refractivity contribution in [3.8, 4) is 16.9 Å². The van der Waals surface area contributed by atoms with Crippen molar-refractivity contribution in [3.05, 3.63) is 34.0 Å². The van der Waals surface area contributed by atoms with Crippen LogP contribution in [0.5, 0.6) is 5.75 Å². The fraction of sp³-hybridized carbons (Fsp3) is 0.278. The number of nitrogens with zero attached hydrogens (tertiary/aromatic N) is 4.